The number of carbonyl (C=O) groups is 2. The fourth-order valence-corrected chi connectivity index (χ4v) is 6.47. The number of fused-ring (bicyclic) bond motifs is 1. The summed E-state index contributed by atoms with van der Waals surface area (Å²) in [4.78, 5) is 28.5. The maximum atomic E-state index is 13.8. The van der Waals surface area contributed by atoms with E-state index in [0.29, 0.717) is 42.4 Å². The minimum Gasteiger partial charge on any atom is -0.477 e. The van der Waals surface area contributed by atoms with Crippen LogP contribution < -0.4 is 15.0 Å². The molecule has 2 heterocycles. The van der Waals surface area contributed by atoms with Crippen LogP contribution in [0, 0.1) is 5.92 Å². The van der Waals surface area contributed by atoms with Gasteiger partial charge in [-0.2, -0.15) is 4.31 Å². The summed E-state index contributed by atoms with van der Waals surface area (Å²) in [6.45, 7) is 0.777. The van der Waals surface area contributed by atoms with Gasteiger partial charge in [0.15, 0.2) is 6.10 Å². The molecule has 1 saturated heterocycles. The number of nitrogens with one attached hydrogen (secondary N) is 1. The molecule has 0 aromatic heterocycles. The van der Waals surface area contributed by atoms with Gasteiger partial charge in [-0.1, -0.05) is 54.1 Å². The van der Waals surface area contributed by atoms with Crippen molar-refractivity contribution >= 4 is 39.1 Å². The minimum absolute atomic E-state index is 0.0386. The fraction of sp³-hybridized carbons (Fsp3) is 0.286. The van der Waals surface area contributed by atoms with Crippen molar-refractivity contribution in [2.24, 2.45) is 5.92 Å². The monoisotopic (exact) mass is 553 g/mol. The van der Waals surface area contributed by atoms with E-state index in [1.807, 2.05) is 30.3 Å². The van der Waals surface area contributed by atoms with Crippen molar-refractivity contribution in [2.45, 2.75) is 30.4 Å². The van der Waals surface area contributed by atoms with Gasteiger partial charge < -0.3 is 15.0 Å². The van der Waals surface area contributed by atoms with E-state index in [2.05, 4.69) is 5.32 Å². The number of amides is 2. The Labute approximate surface area is 227 Å². The van der Waals surface area contributed by atoms with E-state index < -0.39 is 22.0 Å². The molecule has 0 unspecified atom stereocenters. The predicted molar refractivity (Wildman–Crippen MR) is 144 cm³/mol. The quantitative estimate of drug-likeness (QED) is 0.500. The Bertz CT molecular complexity index is 1420. The smallest absolute Gasteiger partial charge is 0.263 e. The molecule has 0 spiro atoms. The molecule has 5 rings (SSSR count). The van der Waals surface area contributed by atoms with Crippen LogP contribution in [0.15, 0.2) is 83.8 Å². The predicted octanol–water partition coefficient (Wildman–Crippen LogP) is 3.85. The zero-order valence-corrected chi connectivity index (χ0v) is 22.2. The van der Waals surface area contributed by atoms with E-state index in [0.717, 1.165) is 5.56 Å². The van der Waals surface area contributed by atoms with Gasteiger partial charge in [-0.3, -0.25) is 9.59 Å². The number of nitrogens with zero attached hydrogens (tertiary/aromatic N) is 2. The molecular formula is C28H28ClN3O5S. The molecule has 3 aromatic carbocycles. The number of hydrogen-bond donors (Lipinski definition) is 1. The van der Waals surface area contributed by atoms with Crippen LogP contribution >= 0.6 is 11.6 Å². The van der Waals surface area contributed by atoms with Gasteiger partial charge in [-0.15, -0.1) is 0 Å². The van der Waals surface area contributed by atoms with Crippen molar-refractivity contribution in [3.05, 3.63) is 89.4 Å². The van der Waals surface area contributed by atoms with Crippen molar-refractivity contribution in [3.8, 4) is 5.75 Å². The lowest BCUT2D eigenvalue weighted by molar-refractivity contribution is -0.129. The zero-order valence-electron chi connectivity index (χ0n) is 20.6. The van der Waals surface area contributed by atoms with Crippen LogP contribution in [0.25, 0.3) is 0 Å². The first kappa shape index (κ1) is 26.2. The molecule has 2 aliphatic rings. The highest BCUT2D eigenvalue weighted by molar-refractivity contribution is 7.89. The highest BCUT2D eigenvalue weighted by Crippen LogP contribution is 2.35. The second-order valence-electron chi connectivity index (χ2n) is 9.38. The van der Waals surface area contributed by atoms with Gasteiger partial charge in [0.25, 0.3) is 5.91 Å². The van der Waals surface area contributed by atoms with Crippen LogP contribution in [-0.2, 0) is 26.2 Å². The average Bonchev–Trinajstić information content (AvgIpc) is 2.95. The molecule has 8 nitrogen and oxygen atoms in total. The number of anilines is 1. The summed E-state index contributed by atoms with van der Waals surface area (Å²) in [5, 5.41) is 3.34. The summed E-state index contributed by atoms with van der Waals surface area (Å²) in [7, 11) is -3.78. The molecule has 0 aliphatic carbocycles. The Hall–Kier alpha value is -3.40. The van der Waals surface area contributed by atoms with Gasteiger partial charge in [-0.05, 0) is 54.8 Å². The molecule has 38 heavy (non-hydrogen) atoms. The topological polar surface area (TPSA) is 96.0 Å². The van der Waals surface area contributed by atoms with Crippen LogP contribution in [0.5, 0.6) is 5.75 Å². The fourth-order valence-electron chi connectivity index (χ4n) is 4.82. The number of benzene rings is 3. The number of para-hydroxylation sites is 2. The van der Waals surface area contributed by atoms with E-state index in [9.17, 15) is 18.0 Å². The Balaban J connectivity index is 1.32. The summed E-state index contributed by atoms with van der Waals surface area (Å²) in [6, 6.07) is 22.6. The highest BCUT2D eigenvalue weighted by Gasteiger charge is 2.39. The first-order valence-electron chi connectivity index (χ1n) is 12.5. The lowest BCUT2D eigenvalue weighted by Gasteiger charge is -2.38. The van der Waals surface area contributed by atoms with Crippen LogP contribution in [0.3, 0.4) is 0 Å². The summed E-state index contributed by atoms with van der Waals surface area (Å²) in [5.41, 5.74) is 1.52. The summed E-state index contributed by atoms with van der Waals surface area (Å²) < 4.78 is 33.8. The van der Waals surface area contributed by atoms with Crippen molar-refractivity contribution < 1.29 is 22.7 Å². The van der Waals surface area contributed by atoms with Gasteiger partial charge in [0.1, 0.15) is 5.75 Å². The molecule has 10 heteroatoms. The molecule has 2 aliphatic heterocycles. The largest absolute Gasteiger partial charge is 0.477 e. The molecule has 2 atom stereocenters. The standard InChI is InChI=1S/C28H28ClN3O5S/c29-22-12-14-23(15-13-22)38(35,36)31-16-6-9-21(18-31)28(34)32-19-26(37-25-11-5-4-10-24(25)32)27(33)30-17-20-7-2-1-3-8-20/h1-5,7-8,10-15,21,26H,6,9,16-19H2,(H,30,33)/t21-,26+/m0/s1. The highest BCUT2D eigenvalue weighted by atomic mass is 35.5. The van der Waals surface area contributed by atoms with Gasteiger partial charge in [0, 0.05) is 24.7 Å². The molecule has 1 N–H and O–H groups in total. The molecular weight excluding hydrogens is 526 g/mol. The third-order valence-electron chi connectivity index (χ3n) is 6.83. The van der Waals surface area contributed by atoms with Gasteiger partial charge in [0.2, 0.25) is 15.9 Å². The number of rotatable bonds is 6. The van der Waals surface area contributed by atoms with Crippen LogP contribution in [0.4, 0.5) is 5.69 Å². The molecule has 0 radical (unpaired) electrons. The van der Waals surface area contributed by atoms with Crippen LogP contribution in [0.1, 0.15) is 18.4 Å². The van der Waals surface area contributed by atoms with Crippen molar-refractivity contribution in [3.63, 3.8) is 0 Å². The maximum Gasteiger partial charge on any atom is 0.263 e. The summed E-state index contributed by atoms with van der Waals surface area (Å²) >= 11 is 5.93. The van der Waals surface area contributed by atoms with Crippen LogP contribution in [-0.4, -0.2) is 50.3 Å². The summed E-state index contributed by atoms with van der Waals surface area (Å²) in [5.74, 6) is -0.659. The number of sulfonamides is 1. The Morgan fingerprint density at radius 1 is 0.947 bits per heavy atom. The lowest BCUT2D eigenvalue weighted by atomic mass is 9.97. The first-order valence-corrected chi connectivity index (χ1v) is 14.3. The minimum atomic E-state index is -3.78. The molecule has 0 saturated carbocycles. The maximum absolute atomic E-state index is 13.8. The molecule has 0 bridgehead atoms. The first-order chi connectivity index (χ1) is 18.3. The van der Waals surface area contributed by atoms with E-state index in [-0.39, 0.29) is 29.8 Å². The second-order valence-corrected chi connectivity index (χ2v) is 11.8. The number of hydrogen-bond acceptors (Lipinski definition) is 5. The van der Waals surface area contributed by atoms with Gasteiger partial charge in [0.05, 0.1) is 23.0 Å². The number of halogens is 1. The zero-order chi connectivity index (χ0) is 26.7. The van der Waals surface area contributed by atoms with E-state index in [4.69, 9.17) is 16.3 Å². The second kappa shape index (κ2) is 11.1. The lowest BCUT2D eigenvalue weighted by Crippen LogP contribution is -2.53. The van der Waals surface area contributed by atoms with E-state index in [1.54, 1.807) is 29.2 Å². The van der Waals surface area contributed by atoms with Crippen molar-refractivity contribution in [2.75, 3.05) is 24.5 Å². The van der Waals surface area contributed by atoms with Gasteiger partial charge in [-0.25, -0.2) is 8.42 Å². The third-order valence-corrected chi connectivity index (χ3v) is 8.96. The number of piperidine rings is 1. The average molecular weight is 554 g/mol. The number of carbonyl (C=O) groups excluding carboxylic acids is 2. The van der Waals surface area contributed by atoms with E-state index >= 15 is 0 Å². The van der Waals surface area contributed by atoms with E-state index in [1.165, 1.54) is 28.6 Å². The Morgan fingerprint density at radius 2 is 1.66 bits per heavy atom. The number of ether oxygens (including phenoxy) is 1. The molecule has 198 valence electrons. The van der Waals surface area contributed by atoms with Gasteiger partial charge >= 0.3 is 0 Å². The van der Waals surface area contributed by atoms with Crippen molar-refractivity contribution in [1.29, 1.82) is 0 Å². The normalized spacial score (nSPS) is 19.8. The Kier molecular flexibility index (Phi) is 7.69. The third kappa shape index (κ3) is 5.55. The molecule has 3 aromatic rings. The molecule has 2 amide bonds. The van der Waals surface area contributed by atoms with Crippen molar-refractivity contribution in [1.82, 2.24) is 9.62 Å². The van der Waals surface area contributed by atoms with Crippen LogP contribution in [0.2, 0.25) is 5.02 Å². The Morgan fingerprint density at radius 3 is 2.42 bits per heavy atom. The SMILES string of the molecule is O=C(NCc1ccccc1)[C@H]1CN(C(=O)[C@H]2CCCN(S(=O)(=O)c3ccc(Cl)cc3)C2)c2ccccc2O1. The molecule has 1 fully saturated rings. The summed E-state index contributed by atoms with van der Waals surface area (Å²) in [6.07, 6.45) is 0.210.